The van der Waals surface area contributed by atoms with Crippen molar-refractivity contribution in [2.75, 3.05) is 32.6 Å². The molecule has 0 aliphatic rings. The quantitative estimate of drug-likeness (QED) is 0.148. The summed E-state index contributed by atoms with van der Waals surface area (Å²) in [7, 11) is -4.49. The first-order valence-corrected chi connectivity index (χ1v) is 14.3. The van der Waals surface area contributed by atoms with E-state index in [1.165, 1.54) is 20.2 Å². The Bertz CT molecular complexity index is 1190. The second-order valence-electron chi connectivity index (χ2n) is 7.80. The largest absolute Gasteiger partial charge is 0.743 e. The van der Waals surface area contributed by atoms with Crippen molar-refractivity contribution >= 4 is 38.6 Å². The number of likely N-dealkylation sites (N-methyl/N-ethyl adjacent to an activating group) is 1. The Morgan fingerprint density at radius 3 is 1.89 bits per heavy atom. The van der Waals surface area contributed by atoms with Gasteiger partial charge in [-0.05, 0) is 44.3 Å². The van der Waals surface area contributed by atoms with Gasteiger partial charge in [-0.25, -0.2) is 13.2 Å². The van der Waals surface area contributed by atoms with Crippen LogP contribution in [-0.4, -0.2) is 61.7 Å². The summed E-state index contributed by atoms with van der Waals surface area (Å²) in [5.74, 6) is -2.07. The standard InChI is InChI=1S/C19H17S.C7H12ClF2NO5S/c1-16-10-8-9-15-19(16)20(17-11-4-2-5-12-17)18-13-6-3-7-14-18;1-11(3-2-8)4-5-16-6(12)7(9,10)17(13,14)15/h2-15H,1H3;2-5H2,1H3,(H,13,14,15)/q+1;/p-1. The Balaban J connectivity index is 0.000000265. The van der Waals surface area contributed by atoms with E-state index < -0.39 is 27.9 Å². The summed E-state index contributed by atoms with van der Waals surface area (Å²) < 4.78 is 59.4. The number of carbonyl (C=O) groups is 1. The van der Waals surface area contributed by atoms with E-state index in [0.29, 0.717) is 12.4 Å². The molecule has 0 aliphatic heterocycles. The van der Waals surface area contributed by atoms with Crippen LogP contribution in [0, 0.1) is 6.92 Å². The molecule has 37 heavy (non-hydrogen) atoms. The van der Waals surface area contributed by atoms with Gasteiger partial charge >= 0.3 is 11.2 Å². The maximum absolute atomic E-state index is 12.6. The Morgan fingerprint density at radius 2 is 1.43 bits per heavy atom. The first kappa shape index (κ1) is 30.7. The average Bonchev–Trinajstić information content (AvgIpc) is 2.86. The van der Waals surface area contributed by atoms with E-state index in [2.05, 4.69) is 96.6 Å². The van der Waals surface area contributed by atoms with Gasteiger partial charge in [-0.1, -0.05) is 54.6 Å². The van der Waals surface area contributed by atoms with Gasteiger partial charge in [0.1, 0.15) is 6.61 Å². The monoisotopic (exact) mass is 571 g/mol. The number of halogens is 3. The normalized spacial score (nSPS) is 11.7. The SMILES string of the molecule is CN(CCCl)CCOC(=O)C(F)(F)S(=O)(=O)[O-].Cc1ccccc1[S+](c1ccccc1)c1ccccc1. The van der Waals surface area contributed by atoms with Crippen LogP contribution in [0.4, 0.5) is 8.78 Å². The van der Waals surface area contributed by atoms with Crippen molar-refractivity contribution in [3.05, 3.63) is 90.5 Å². The molecule has 0 bridgehead atoms. The maximum Gasteiger partial charge on any atom is 0.428 e. The van der Waals surface area contributed by atoms with Crippen molar-refractivity contribution in [3.8, 4) is 0 Å². The lowest BCUT2D eigenvalue weighted by atomic mass is 10.2. The van der Waals surface area contributed by atoms with E-state index in [-0.39, 0.29) is 17.4 Å². The first-order chi connectivity index (χ1) is 17.5. The average molecular weight is 572 g/mol. The predicted molar refractivity (Wildman–Crippen MR) is 140 cm³/mol. The lowest BCUT2D eigenvalue weighted by Gasteiger charge is -2.19. The number of aryl methyl sites for hydroxylation is 1. The van der Waals surface area contributed by atoms with Gasteiger partial charge in [0.05, 0.1) is 10.9 Å². The van der Waals surface area contributed by atoms with E-state index in [1.54, 1.807) is 11.9 Å². The lowest BCUT2D eigenvalue weighted by Crippen LogP contribution is -2.40. The van der Waals surface area contributed by atoms with Crippen molar-refractivity contribution in [2.45, 2.75) is 26.9 Å². The number of hydrogen-bond donors (Lipinski definition) is 0. The fourth-order valence-electron chi connectivity index (χ4n) is 3.02. The van der Waals surface area contributed by atoms with Gasteiger partial charge in [0.15, 0.2) is 24.8 Å². The van der Waals surface area contributed by atoms with E-state index in [4.69, 9.17) is 11.6 Å². The van der Waals surface area contributed by atoms with Gasteiger partial charge < -0.3 is 14.2 Å². The van der Waals surface area contributed by atoms with Crippen molar-refractivity contribution in [1.82, 2.24) is 4.90 Å². The smallest absolute Gasteiger partial charge is 0.428 e. The van der Waals surface area contributed by atoms with Gasteiger partial charge in [-0.15, -0.1) is 11.6 Å². The third-order valence-corrected chi connectivity index (χ3v) is 8.34. The summed E-state index contributed by atoms with van der Waals surface area (Å²) >= 11 is 5.38. The third kappa shape index (κ3) is 9.08. The molecule has 0 saturated heterocycles. The molecule has 3 aromatic carbocycles. The molecule has 0 spiro atoms. The van der Waals surface area contributed by atoms with Gasteiger partial charge in [0, 0.05) is 24.5 Å². The molecule has 0 fully saturated rings. The summed E-state index contributed by atoms with van der Waals surface area (Å²) in [6.45, 7) is 2.27. The highest BCUT2D eigenvalue weighted by Crippen LogP contribution is 2.32. The van der Waals surface area contributed by atoms with Gasteiger partial charge in [0.2, 0.25) is 0 Å². The van der Waals surface area contributed by atoms with Crippen LogP contribution >= 0.6 is 11.6 Å². The summed E-state index contributed by atoms with van der Waals surface area (Å²) in [5, 5.41) is -5.06. The van der Waals surface area contributed by atoms with E-state index in [9.17, 15) is 26.5 Å². The highest BCUT2D eigenvalue weighted by molar-refractivity contribution is 7.97. The minimum atomic E-state index is -6.06. The highest BCUT2D eigenvalue weighted by atomic mass is 35.5. The van der Waals surface area contributed by atoms with E-state index >= 15 is 0 Å². The van der Waals surface area contributed by atoms with Crippen molar-refractivity contribution < 1.29 is 31.3 Å². The van der Waals surface area contributed by atoms with E-state index in [0.717, 1.165) is 0 Å². The molecule has 0 heterocycles. The van der Waals surface area contributed by atoms with E-state index in [1.807, 2.05) is 0 Å². The highest BCUT2D eigenvalue weighted by Gasteiger charge is 2.48. The summed E-state index contributed by atoms with van der Waals surface area (Å²) in [5.41, 5.74) is 1.35. The molecule has 0 aliphatic carbocycles. The molecule has 200 valence electrons. The second kappa shape index (κ2) is 14.4. The van der Waals surface area contributed by atoms with Crippen LogP contribution in [0.1, 0.15) is 5.56 Å². The molecular formula is C26H28ClF2NO5S2. The fraction of sp³-hybridized carbons (Fsp3) is 0.269. The summed E-state index contributed by atoms with van der Waals surface area (Å²) in [4.78, 5) is 16.4. The predicted octanol–water partition coefficient (Wildman–Crippen LogP) is 4.93. The number of hydrogen-bond acceptors (Lipinski definition) is 6. The lowest BCUT2D eigenvalue weighted by molar-refractivity contribution is -0.161. The zero-order chi connectivity index (χ0) is 27.5. The van der Waals surface area contributed by atoms with Gasteiger partial charge in [-0.3, -0.25) is 0 Å². The Kier molecular flexibility index (Phi) is 12.0. The van der Waals surface area contributed by atoms with Crippen LogP contribution in [0.2, 0.25) is 0 Å². The van der Waals surface area contributed by atoms with Crippen LogP contribution in [0.5, 0.6) is 0 Å². The number of rotatable bonds is 10. The third-order valence-electron chi connectivity index (χ3n) is 5.00. The molecule has 0 atom stereocenters. The van der Waals surface area contributed by atoms with Crippen LogP contribution in [-0.2, 0) is 30.5 Å². The Hall–Kier alpha value is -2.50. The number of carbonyl (C=O) groups excluding carboxylic acids is 1. The van der Waals surface area contributed by atoms with Gasteiger partial charge in [0.25, 0.3) is 0 Å². The number of esters is 1. The molecule has 11 heteroatoms. The molecule has 6 nitrogen and oxygen atoms in total. The minimum Gasteiger partial charge on any atom is -0.743 e. The minimum absolute atomic E-state index is 0.0262. The summed E-state index contributed by atoms with van der Waals surface area (Å²) in [6.07, 6.45) is 0. The molecule has 0 aromatic heterocycles. The second-order valence-corrected chi connectivity index (χ2v) is 11.6. The number of ether oxygens (including phenoxy) is 1. The van der Waals surface area contributed by atoms with Crippen LogP contribution in [0.3, 0.4) is 0 Å². The number of alkyl halides is 3. The van der Waals surface area contributed by atoms with Crippen LogP contribution in [0.15, 0.2) is 99.6 Å². The van der Waals surface area contributed by atoms with Crippen molar-refractivity contribution in [2.24, 2.45) is 0 Å². The zero-order valence-electron chi connectivity index (χ0n) is 20.4. The fourth-order valence-corrected chi connectivity index (χ4v) is 5.82. The molecule has 0 N–H and O–H groups in total. The number of nitrogens with zero attached hydrogens (tertiary/aromatic N) is 1. The topological polar surface area (TPSA) is 86.7 Å². The molecule has 0 saturated carbocycles. The Morgan fingerprint density at radius 1 is 0.946 bits per heavy atom. The molecule has 0 unspecified atom stereocenters. The molecular weight excluding hydrogens is 544 g/mol. The maximum atomic E-state index is 12.6. The molecule has 0 radical (unpaired) electrons. The van der Waals surface area contributed by atoms with Crippen molar-refractivity contribution in [3.63, 3.8) is 0 Å². The van der Waals surface area contributed by atoms with Crippen LogP contribution < -0.4 is 0 Å². The van der Waals surface area contributed by atoms with Crippen molar-refractivity contribution in [1.29, 1.82) is 0 Å². The Labute approximate surface area is 224 Å². The molecule has 3 rings (SSSR count). The first-order valence-electron chi connectivity index (χ1n) is 11.1. The van der Waals surface area contributed by atoms with Crippen LogP contribution in [0.25, 0.3) is 0 Å². The van der Waals surface area contributed by atoms with Gasteiger partial charge in [-0.2, -0.15) is 8.78 Å². The summed E-state index contributed by atoms with van der Waals surface area (Å²) in [6, 6.07) is 30.2. The number of benzene rings is 3. The zero-order valence-corrected chi connectivity index (χ0v) is 22.7. The molecule has 3 aromatic rings. The molecule has 0 amide bonds.